The van der Waals surface area contributed by atoms with Crippen molar-refractivity contribution in [2.45, 2.75) is 233 Å². The number of quaternary nitrogens is 1. The Morgan fingerprint density at radius 1 is 0.195 bits per heavy atom. The third-order valence-electron chi connectivity index (χ3n) is 9.94. The molecule has 0 saturated heterocycles. The Labute approximate surface area is 263 Å². The lowest BCUT2D eigenvalue weighted by atomic mass is 10.0. The largest absolute Gasteiger partial charge is 0.324 e. The first kappa shape index (κ1) is 41.0. The lowest BCUT2D eigenvalue weighted by molar-refractivity contribution is -0.929. The number of unbranched alkanes of at least 4 members (excludes halogenated alkanes) is 28. The summed E-state index contributed by atoms with van der Waals surface area (Å²) in [5.74, 6) is 0. The van der Waals surface area contributed by atoms with Crippen LogP contribution in [-0.2, 0) is 0 Å². The lowest BCUT2D eigenvalue weighted by Crippen LogP contribution is -2.50. The molecule has 1 nitrogen and oxygen atoms in total. The third-order valence-corrected chi connectivity index (χ3v) is 9.94. The minimum absolute atomic E-state index is 1.37. The molecule has 0 aromatic heterocycles. The van der Waals surface area contributed by atoms with Crippen LogP contribution < -0.4 is 0 Å². The van der Waals surface area contributed by atoms with Gasteiger partial charge >= 0.3 is 0 Å². The molecule has 1 heteroatoms. The van der Waals surface area contributed by atoms with Gasteiger partial charge in [-0.25, -0.2) is 0 Å². The molecule has 0 bridgehead atoms. The van der Waals surface area contributed by atoms with Crippen LogP contribution in [0, 0.1) is 0 Å². The van der Waals surface area contributed by atoms with Crippen molar-refractivity contribution in [1.29, 1.82) is 0 Å². The Hall–Kier alpha value is -0.0400. The Balaban J connectivity index is 4.26. The maximum Gasteiger partial charge on any atom is 0.0786 e. The van der Waals surface area contributed by atoms with Gasteiger partial charge in [0.2, 0.25) is 0 Å². The Morgan fingerprint density at radius 2 is 0.341 bits per heavy atom. The van der Waals surface area contributed by atoms with Crippen molar-refractivity contribution < 1.29 is 4.48 Å². The fourth-order valence-electron chi connectivity index (χ4n) is 7.00. The molecule has 248 valence electrons. The van der Waals surface area contributed by atoms with E-state index in [1.165, 1.54) is 236 Å². The molecule has 0 atom stereocenters. The molecule has 0 aromatic carbocycles. The Bertz CT molecular complexity index is 422. The van der Waals surface area contributed by atoms with Gasteiger partial charge in [0.1, 0.15) is 0 Å². The molecule has 0 N–H and O–H groups in total. The fraction of sp³-hybridized carbons (Fsp3) is 1.00. The van der Waals surface area contributed by atoms with Crippen molar-refractivity contribution in [1.82, 2.24) is 0 Å². The molecule has 0 aliphatic carbocycles. The highest BCUT2D eigenvalue weighted by Crippen LogP contribution is 2.21. The number of nitrogens with zero attached hydrogens (tertiary/aromatic N) is 1. The highest BCUT2D eigenvalue weighted by molar-refractivity contribution is 4.55. The van der Waals surface area contributed by atoms with Crippen LogP contribution in [0.25, 0.3) is 0 Å². The van der Waals surface area contributed by atoms with Crippen LogP contribution in [0.4, 0.5) is 0 Å². The molecule has 0 spiro atoms. The fourth-order valence-corrected chi connectivity index (χ4v) is 7.00. The van der Waals surface area contributed by atoms with E-state index >= 15 is 0 Å². The normalized spacial score (nSPS) is 12.0. The van der Waals surface area contributed by atoms with Crippen LogP contribution in [0.1, 0.15) is 233 Å². The summed E-state index contributed by atoms with van der Waals surface area (Å²) >= 11 is 0. The van der Waals surface area contributed by atoms with Crippen LogP contribution in [0.5, 0.6) is 0 Å². The quantitative estimate of drug-likeness (QED) is 0.0512. The monoisotopic (exact) mass is 579 g/mol. The lowest BCUT2D eigenvalue weighted by Gasteiger charge is -2.40. The second-order valence-electron chi connectivity index (χ2n) is 14.1. The second kappa shape index (κ2) is 34.5. The van der Waals surface area contributed by atoms with E-state index in [4.69, 9.17) is 0 Å². The molecular formula is C40H84N+. The molecule has 0 aromatic rings. The summed E-state index contributed by atoms with van der Waals surface area (Å²) in [6, 6.07) is 0. The maximum absolute atomic E-state index is 2.35. The van der Waals surface area contributed by atoms with Crippen molar-refractivity contribution in [2.75, 3.05) is 26.2 Å². The predicted molar refractivity (Wildman–Crippen MR) is 190 cm³/mol. The minimum Gasteiger partial charge on any atom is -0.324 e. The van der Waals surface area contributed by atoms with E-state index in [0.29, 0.717) is 0 Å². The van der Waals surface area contributed by atoms with E-state index in [9.17, 15) is 0 Å². The molecule has 0 radical (unpaired) electrons. The predicted octanol–water partition coefficient (Wildman–Crippen LogP) is 14.4. The molecule has 0 aliphatic heterocycles. The summed E-state index contributed by atoms with van der Waals surface area (Å²) in [5.41, 5.74) is 0. The van der Waals surface area contributed by atoms with Crippen LogP contribution in [0.3, 0.4) is 0 Å². The molecule has 0 amide bonds. The minimum atomic E-state index is 1.37. The van der Waals surface area contributed by atoms with Crippen LogP contribution >= 0.6 is 0 Å². The number of hydrogen-bond donors (Lipinski definition) is 0. The van der Waals surface area contributed by atoms with Crippen LogP contribution in [0.15, 0.2) is 0 Å². The zero-order valence-corrected chi connectivity index (χ0v) is 29.9. The third kappa shape index (κ3) is 29.8. The van der Waals surface area contributed by atoms with E-state index < -0.39 is 0 Å². The molecule has 0 unspecified atom stereocenters. The van der Waals surface area contributed by atoms with Gasteiger partial charge in [-0.1, -0.05) is 182 Å². The first-order chi connectivity index (χ1) is 20.2. The summed E-state index contributed by atoms with van der Waals surface area (Å²) in [6.07, 6.45) is 46.7. The summed E-state index contributed by atoms with van der Waals surface area (Å²) in [6.45, 7) is 15.3. The van der Waals surface area contributed by atoms with Gasteiger partial charge in [0.25, 0.3) is 0 Å². The Morgan fingerprint density at radius 3 is 0.512 bits per heavy atom. The second-order valence-corrected chi connectivity index (χ2v) is 14.1. The van der Waals surface area contributed by atoms with E-state index in [2.05, 4.69) is 27.7 Å². The van der Waals surface area contributed by atoms with Crippen LogP contribution in [0.2, 0.25) is 0 Å². The van der Waals surface area contributed by atoms with E-state index in [-0.39, 0.29) is 0 Å². The Kier molecular flexibility index (Phi) is 34.4. The topological polar surface area (TPSA) is 0 Å². The van der Waals surface area contributed by atoms with Crippen molar-refractivity contribution in [3.8, 4) is 0 Å². The molecular weight excluding hydrogens is 494 g/mol. The molecule has 0 fully saturated rings. The first-order valence-electron chi connectivity index (χ1n) is 20.1. The van der Waals surface area contributed by atoms with Gasteiger partial charge < -0.3 is 4.48 Å². The molecule has 0 aliphatic rings. The molecule has 41 heavy (non-hydrogen) atoms. The molecule has 0 heterocycles. The zero-order valence-electron chi connectivity index (χ0n) is 29.9. The first-order valence-corrected chi connectivity index (χ1v) is 20.1. The highest BCUT2D eigenvalue weighted by atomic mass is 15.3. The SMILES string of the molecule is CCCCCCCCCCCCCCCCCCC[N+](CCCCCCC)(CCCCCCC)CCCCCCC. The van der Waals surface area contributed by atoms with Gasteiger partial charge in [-0.15, -0.1) is 0 Å². The summed E-state index contributed by atoms with van der Waals surface area (Å²) in [4.78, 5) is 0. The summed E-state index contributed by atoms with van der Waals surface area (Å²) in [5, 5.41) is 0. The highest BCUT2D eigenvalue weighted by Gasteiger charge is 2.25. The average Bonchev–Trinajstić information content (AvgIpc) is 2.98. The van der Waals surface area contributed by atoms with Gasteiger partial charge in [-0.3, -0.25) is 0 Å². The zero-order chi connectivity index (χ0) is 30.0. The van der Waals surface area contributed by atoms with Crippen molar-refractivity contribution in [3.63, 3.8) is 0 Å². The van der Waals surface area contributed by atoms with Gasteiger partial charge in [-0.2, -0.15) is 0 Å². The van der Waals surface area contributed by atoms with Crippen molar-refractivity contribution in [3.05, 3.63) is 0 Å². The van der Waals surface area contributed by atoms with Crippen molar-refractivity contribution >= 4 is 0 Å². The van der Waals surface area contributed by atoms with E-state index in [1.807, 2.05) is 0 Å². The summed E-state index contributed by atoms with van der Waals surface area (Å²) < 4.78 is 1.48. The van der Waals surface area contributed by atoms with E-state index in [1.54, 1.807) is 0 Å². The summed E-state index contributed by atoms with van der Waals surface area (Å²) in [7, 11) is 0. The molecule has 0 rings (SSSR count). The smallest absolute Gasteiger partial charge is 0.0786 e. The standard InChI is InChI=1S/C40H84N/c1-5-9-13-17-18-19-20-21-22-23-24-25-26-27-28-32-36-40-41(37-33-29-14-10-6-2,38-34-30-15-11-7-3)39-35-31-16-12-8-4/h5-40H2,1-4H3/q+1. The molecule has 0 saturated carbocycles. The van der Waals surface area contributed by atoms with Gasteiger partial charge in [0, 0.05) is 0 Å². The van der Waals surface area contributed by atoms with E-state index in [0.717, 1.165) is 0 Å². The van der Waals surface area contributed by atoms with Gasteiger partial charge in [0.05, 0.1) is 26.2 Å². The van der Waals surface area contributed by atoms with Crippen LogP contribution in [-0.4, -0.2) is 30.7 Å². The number of hydrogen-bond acceptors (Lipinski definition) is 0. The average molecular weight is 579 g/mol. The van der Waals surface area contributed by atoms with Crippen molar-refractivity contribution in [2.24, 2.45) is 0 Å². The number of rotatable bonds is 36. The van der Waals surface area contributed by atoms with Gasteiger partial charge in [-0.05, 0) is 51.4 Å². The maximum atomic E-state index is 2.35. The van der Waals surface area contributed by atoms with Gasteiger partial charge in [0.15, 0.2) is 0 Å².